The lowest BCUT2D eigenvalue weighted by molar-refractivity contribution is 0.0783. The van der Waals surface area contributed by atoms with Gasteiger partial charge in [0, 0.05) is 24.5 Å². The highest BCUT2D eigenvalue weighted by Crippen LogP contribution is 2.11. The van der Waals surface area contributed by atoms with Gasteiger partial charge in [-0.05, 0) is 31.2 Å². The third-order valence-electron chi connectivity index (χ3n) is 2.67. The Bertz CT molecular complexity index is 601. The summed E-state index contributed by atoms with van der Waals surface area (Å²) in [6, 6.07) is 8.96. The molecule has 2 aromatic heterocycles. The average Bonchev–Trinajstić information content (AvgIpc) is 2.38. The van der Waals surface area contributed by atoms with E-state index in [1.165, 1.54) is 6.20 Å². The van der Waals surface area contributed by atoms with Gasteiger partial charge in [0.05, 0.1) is 12.2 Å². The highest BCUT2D eigenvalue weighted by molar-refractivity contribution is 6.29. The van der Waals surface area contributed by atoms with Crippen LogP contribution in [0.15, 0.2) is 36.5 Å². The van der Waals surface area contributed by atoms with E-state index in [1.807, 2.05) is 25.1 Å². The number of carbonyl (C=O) groups excluding carboxylic acids is 1. The first kappa shape index (κ1) is 13.5. The smallest absolute Gasteiger partial charge is 0.254 e. The number of carbonyl (C=O) groups is 1. The summed E-state index contributed by atoms with van der Waals surface area (Å²) in [6.07, 6.45) is 1.52. The molecule has 1 amide bonds. The largest absolute Gasteiger partial charge is 0.336 e. The van der Waals surface area contributed by atoms with Gasteiger partial charge in [0.25, 0.3) is 5.91 Å². The Morgan fingerprint density at radius 1 is 1.37 bits per heavy atom. The van der Waals surface area contributed by atoms with Crippen molar-refractivity contribution >= 4 is 17.5 Å². The minimum Gasteiger partial charge on any atom is -0.336 e. The molecular weight excluding hydrogens is 262 g/mol. The van der Waals surface area contributed by atoms with Crippen molar-refractivity contribution in [2.75, 3.05) is 7.05 Å². The molecule has 0 aliphatic heterocycles. The summed E-state index contributed by atoms with van der Waals surface area (Å²) in [5.41, 5.74) is 2.32. The number of amides is 1. The molecule has 0 saturated heterocycles. The Labute approximate surface area is 117 Å². The molecule has 2 aromatic rings. The van der Waals surface area contributed by atoms with Gasteiger partial charge >= 0.3 is 0 Å². The van der Waals surface area contributed by atoms with Gasteiger partial charge in [-0.2, -0.15) is 0 Å². The van der Waals surface area contributed by atoms with E-state index in [0.717, 1.165) is 11.4 Å². The van der Waals surface area contributed by atoms with Gasteiger partial charge in [0.1, 0.15) is 5.15 Å². The van der Waals surface area contributed by atoms with Crippen molar-refractivity contribution in [3.05, 3.63) is 58.6 Å². The molecule has 5 heteroatoms. The van der Waals surface area contributed by atoms with Crippen LogP contribution >= 0.6 is 11.6 Å². The second-order valence-electron chi connectivity index (χ2n) is 4.30. The second kappa shape index (κ2) is 5.80. The van der Waals surface area contributed by atoms with Crippen LogP contribution in [0.25, 0.3) is 0 Å². The lowest BCUT2D eigenvalue weighted by Crippen LogP contribution is -2.26. The first-order chi connectivity index (χ1) is 9.06. The summed E-state index contributed by atoms with van der Waals surface area (Å²) < 4.78 is 0. The monoisotopic (exact) mass is 275 g/mol. The van der Waals surface area contributed by atoms with Crippen LogP contribution in [0.2, 0.25) is 5.15 Å². The number of nitrogens with zero attached hydrogens (tertiary/aromatic N) is 3. The Balaban J connectivity index is 2.12. The van der Waals surface area contributed by atoms with Gasteiger partial charge in [0.15, 0.2) is 0 Å². The Morgan fingerprint density at radius 2 is 2.16 bits per heavy atom. The molecule has 0 aliphatic rings. The SMILES string of the molecule is Cc1cccc(CN(C)C(=O)c2ccnc(Cl)c2)n1. The van der Waals surface area contributed by atoms with Crippen molar-refractivity contribution in [2.24, 2.45) is 0 Å². The third kappa shape index (κ3) is 3.51. The van der Waals surface area contributed by atoms with Crippen LogP contribution in [-0.2, 0) is 6.54 Å². The van der Waals surface area contributed by atoms with E-state index in [1.54, 1.807) is 24.1 Å². The highest BCUT2D eigenvalue weighted by Gasteiger charge is 2.13. The number of hydrogen-bond acceptors (Lipinski definition) is 3. The van der Waals surface area contributed by atoms with Crippen LogP contribution in [0.5, 0.6) is 0 Å². The summed E-state index contributed by atoms with van der Waals surface area (Å²) in [6.45, 7) is 2.38. The van der Waals surface area contributed by atoms with Crippen LogP contribution in [0.4, 0.5) is 0 Å². The fourth-order valence-corrected chi connectivity index (χ4v) is 1.93. The quantitative estimate of drug-likeness (QED) is 0.809. The minimum atomic E-state index is -0.104. The van der Waals surface area contributed by atoms with Gasteiger partial charge in [0.2, 0.25) is 0 Å². The Kier molecular flexibility index (Phi) is 4.12. The zero-order valence-electron chi connectivity index (χ0n) is 10.8. The minimum absolute atomic E-state index is 0.104. The van der Waals surface area contributed by atoms with Crippen molar-refractivity contribution in [3.63, 3.8) is 0 Å². The number of aromatic nitrogens is 2. The predicted octanol–water partition coefficient (Wildman–Crippen LogP) is 2.71. The van der Waals surface area contributed by atoms with Gasteiger partial charge < -0.3 is 4.90 Å². The van der Waals surface area contributed by atoms with Gasteiger partial charge in [-0.3, -0.25) is 9.78 Å². The standard InChI is InChI=1S/C14H14ClN3O/c1-10-4-3-5-12(17-10)9-18(2)14(19)11-6-7-16-13(15)8-11/h3-8H,9H2,1-2H3. The van der Waals surface area contributed by atoms with Crippen molar-refractivity contribution in [1.29, 1.82) is 0 Å². The summed E-state index contributed by atoms with van der Waals surface area (Å²) in [5.74, 6) is -0.104. The number of rotatable bonds is 3. The van der Waals surface area contributed by atoms with Crippen molar-refractivity contribution in [1.82, 2.24) is 14.9 Å². The average molecular weight is 276 g/mol. The van der Waals surface area contributed by atoms with E-state index >= 15 is 0 Å². The predicted molar refractivity (Wildman–Crippen MR) is 74.0 cm³/mol. The van der Waals surface area contributed by atoms with Crippen molar-refractivity contribution in [3.8, 4) is 0 Å². The lowest BCUT2D eigenvalue weighted by atomic mass is 10.2. The van der Waals surface area contributed by atoms with E-state index in [-0.39, 0.29) is 5.91 Å². The number of hydrogen-bond donors (Lipinski definition) is 0. The molecule has 0 fully saturated rings. The van der Waals surface area contributed by atoms with Crippen LogP contribution in [0.3, 0.4) is 0 Å². The summed E-state index contributed by atoms with van der Waals surface area (Å²) in [5, 5.41) is 0.313. The summed E-state index contributed by atoms with van der Waals surface area (Å²) >= 11 is 5.78. The van der Waals surface area contributed by atoms with Crippen molar-refractivity contribution < 1.29 is 4.79 Å². The molecule has 4 nitrogen and oxygen atoms in total. The molecule has 2 heterocycles. The molecule has 2 rings (SSSR count). The molecule has 0 N–H and O–H groups in total. The van der Waals surface area contributed by atoms with E-state index < -0.39 is 0 Å². The first-order valence-electron chi connectivity index (χ1n) is 5.86. The highest BCUT2D eigenvalue weighted by atomic mass is 35.5. The maximum absolute atomic E-state index is 12.2. The van der Waals surface area contributed by atoms with Crippen LogP contribution in [0.1, 0.15) is 21.7 Å². The van der Waals surface area contributed by atoms with Crippen LogP contribution < -0.4 is 0 Å². The third-order valence-corrected chi connectivity index (χ3v) is 2.87. The van der Waals surface area contributed by atoms with Crippen LogP contribution in [0, 0.1) is 6.92 Å². The van der Waals surface area contributed by atoms with Gasteiger partial charge in [-0.15, -0.1) is 0 Å². The maximum Gasteiger partial charge on any atom is 0.254 e. The Hall–Kier alpha value is -1.94. The normalized spacial score (nSPS) is 10.3. The molecule has 0 aliphatic carbocycles. The molecule has 0 bridgehead atoms. The first-order valence-corrected chi connectivity index (χ1v) is 6.23. The molecule has 0 aromatic carbocycles. The van der Waals surface area contributed by atoms with E-state index in [0.29, 0.717) is 17.3 Å². The molecule has 0 saturated carbocycles. The zero-order valence-corrected chi connectivity index (χ0v) is 11.6. The molecule has 0 atom stereocenters. The van der Waals surface area contributed by atoms with Gasteiger partial charge in [-0.25, -0.2) is 4.98 Å². The zero-order chi connectivity index (χ0) is 13.8. The lowest BCUT2D eigenvalue weighted by Gasteiger charge is -2.17. The van der Waals surface area contributed by atoms with E-state index in [9.17, 15) is 4.79 Å². The Morgan fingerprint density at radius 3 is 2.84 bits per heavy atom. The van der Waals surface area contributed by atoms with E-state index in [4.69, 9.17) is 11.6 Å². The van der Waals surface area contributed by atoms with Gasteiger partial charge in [-0.1, -0.05) is 17.7 Å². The fourth-order valence-electron chi connectivity index (χ4n) is 1.76. The fraction of sp³-hybridized carbons (Fsp3) is 0.214. The molecule has 19 heavy (non-hydrogen) atoms. The second-order valence-corrected chi connectivity index (χ2v) is 4.69. The number of pyridine rings is 2. The molecular formula is C14H14ClN3O. The summed E-state index contributed by atoms with van der Waals surface area (Å²) in [4.78, 5) is 22.0. The van der Waals surface area contributed by atoms with E-state index in [2.05, 4.69) is 9.97 Å². The number of halogens is 1. The molecule has 98 valence electrons. The topological polar surface area (TPSA) is 46.1 Å². The molecule has 0 unspecified atom stereocenters. The maximum atomic E-state index is 12.2. The number of aryl methyl sites for hydroxylation is 1. The molecule has 0 radical (unpaired) electrons. The van der Waals surface area contributed by atoms with Crippen LogP contribution in [-0.4, -0.2) is 27.8 Å². The summed E-state index contributed by atoms with van der Waals surface area (Å²) in [7, 11) is 1.74. The van der Waals surface area contributed by atoms with Crippen molar-refractivity contribution in [2.45, 2.75) is 13.5 Å². The molecule has 0 spiro atoms.